The molecule has 0 aromatic heterocycles. The topological polar surface area (TPSA) is 38.7 Å². The van der Waals surface area contributed by atoms with E-state index in [4.69, 9.17) is 9.47 Å². The van der Waals surface area contributed by atoms with Crippen LogP contribution in [0.4, 0.5) is 13.2 Å². The van der Waals surface area contributed by atoms with Gasteiger partial charge in [0.05, 0.1) is 25.4 Å². The van der Waals surface area contributed by atoms with Crippen LogP contribution in [-0.4, -0.2) is 23.9 Å². The van der Waals surface area contributed by atoms with Gasteiger partial charge in [0.1, 0.15) is 0 Å². The predicted octanol–water partition coefficient (Wildman–Crippen LogP) is 9.13. The van der Waals surface area contributed by atoms with Gasteiger partial charge < -0.3 is 14.6 Å². The molecule has 1 unspecified atom stereocenters. The van der Waals surface area contributed by atoms with Crippen molar-refractivity contribution in [2.75, 3.05) is 6.61 Å². The Balaban J connectivity index is 1.25. The highest BCUT2D eigenvalue weighted by atomic mass is 19.2. The Morgan fingerprint density at radius 1 is 0.925 bits per heavy atom. The Labute approximate surface area is 237 Å². The summed E-state index contributed by atoms with van der Waals surface area (Å²) in [6.45, 7) is 6.49. The van der Waals surface area contributed by atoms with Crippen molar-refractivity contribution < 1.29 is 27.8 Å². The first-order valence-electron chi connectivity index (χ1n) is 15.2. The summed E-state index contributed by atoms with van der Waals surface area (Å²) in [5, 5.41) is 10.3. The van der Waals surface area contributed by atoms with Crippen LogP contribution in [0.2, 0.25) is 0 Å². The number of ether oxygens (including phenoxy) is 2. The molecule has 220 valence electrons. The first-order valence-corrected chi connectivity index (χ1v) is 15.2. The van der Waals surface area contributed by atoms with E-state index in [2.05, 4.69) is 13.5 Å². The Morgan fingerprint density at radius 2 is 1.55 bits per heavy atom. The summed E-state index contributed by atoms with van der Waals surface area (Å²) in [6.07, 6.45) is 11.2. The zero-order chi connectivity index (χ0) is 28.5. The van der Waals surface area contributed by atoms with E-state index < -0.39 is 17.5 Å². The van der Waals surface area contributed by atoms with E-state index in [9.17, 15) is 9.50 Å². The van der Waals surface area contributed by atoms with Gasteiger partial charge in [-0.1, -0.05) is 37.6 Å². The van der Waals surface area contributed by atoms with Crippen LogP contribution in [0.15, 0.2) is 43.0 Å². The molecule has 2 saturated carbocycles. The molecule has 2 aromatic rings. The van der Waals surface area contributed by atoms with Crippen LogP contribution in [0.3, 0.4) is 0 Å². The number of hydrogen-bond acceptors (Lipinski definition) is 3. The Morgan fingerprint density at radius 3 is 2.12 bits per heavy atom. The fourth-order valence-electron chi connectivity index (χ4n) is 6.47. The van der Waals surface area contributed by atoms with Crippen molar-refractivity contribution in [3.8, 4) is 5.75 Å². The Hall–Kier alpha value is -2.31. The van der Waals surface area contributed by atoms with Gasteiger partial charge in [-0.3, -0.25) is 0 Å². The molecule has 2 fully saturated rings. The molecule has 0 radical (unpaired) electrons. The number of benzene rings is 2. The summed E-state index contributed by atoms with van der Waals surface area (Å²) in [5.41, 5.74) is 1.70. The van der Waals surface area contributed by atoms with E-state index in [0.717, 1.165) is 82.6 Å². The maximum atomic E-state index is 15.3. The van der Waals surface area contributed by atoms with Crippen molar-refractivity contribution in [2.45, 2.75) is 115 Å². The third kappa shape index (κ3) is 7.91. The van der Waals surface area contributed by atoms with Gasteiger partial charge in [0.15, 0.2) is 23.2 Å². The number of aliphatic hydroxyl groups excluding tert-OH is 1. The van der Waals surface area contributed by atoms with Crippen LogP contribution < -0.4 is 4.74 Å². The van der Waals surface area contributed by atoms with Gasteiger partial charge in [-0.05, 0) is 117 Å². The molecular weight excluding hydrogens is 513 g/mol. The highest BCUT2D eigenvalue weighted by Gasteiger charge is 2.31. The molecule has 4 rings (SSSR count). The minimum absolute atomic E-state index is 0.0135. The maximum absolute atomic E-state index is 15.3. The van der Waals surface area contributed by atoms with Crippen LogP contribution in [0.5, 0.6) is 5.75 Å². The van der Waals surface area contributed by atoms with Crippen LogP contribution >= 0.6 is 0 Å². The van der Waals surface area contributed by atoms with Gasteiger partial charge >= 0.3 is 0 Å². The highest BCUT2D eigenvalue weighted by Crippen LogP contribution is 2.42. The zero-order valence-electron chi connectivity index (χ0n) is 23.9. The molecule has 0 bridgehead atoms. The quantitative estimate of drug-likeness (QED) is 0.197. The molecule has 1 N–H and O–H groups in total. The van der Waals surface area contributed by atoms with Crippen LogP contribution in [0.25, 0.3) is 0 Å². The molecule has 2 aliphatic rings. The lowest BCUT2D eigenvalue weighted by Crippen LogP contribution is -2.25. The van der Waals surface area contributed by atoms with Gasteiger partial charge in [-0.2, -0.15) is 0 Å². The zero-order valence-corrected chi connectivity index (χ0v) is 23.9. The summed E-state index contributed by atoms with van der Waals surface area (Å²) >= 11 is 0. The summed E-state index contributed by atoms with van der Waals surface area (Å²) < 4.78 is 56.4. The van der Waals surface area contributed by atoms with Gasteiger partial charge in [0, 0.05) is 0 Å². The molecule has 2 aliphatic carbocycles. The van der Waals surface area contributed by atoms with E-state index in [1.165, 1.54) is 6.07 Å². The molecular formula is C34H45F3O3. The standard InChI is InChI=1S/C34H45F3O3/c1-3-5-6-20-39-32-19-8-23(21-30(32)35)22-40-27-15-13-25(14-16-27)29-18-17-28(33(36)34(29)37)24-9-11-26(12-10-24)31(38)7-4-2/h3,8,17-19,21,24-27,31,38H,1,4-7,9-16,20,22H2,2H3. The van der Waals surface area contributed by atoms with Crippen molar-refractivity contribution in [3.63, 3.8) is 0 Å². The van der Waals surface area contributed by atoms with Gasteiger partial charge in [-0.25, -0.2) is 13.2 Å². The first kappa shape index (κ1) is 30.6. The second-order valence-electron chi connectivity index (χ2n) is 11.7. The first-order chi connectivity index (χ1) is 19.4. The molecule has 40 heavy (non-hydrogen) atoms. The monoisotopic (exact) mass is 558 g/mol. The highest BCUT2D eigenvalue weighted by molar-refractivity contribution is 5.32. The number of aliphatic hydroxyl groups is 1. The lowest BCUT2D eigenvalue weighted by Gasteiger charge is -2.32. The van der Waals surface area contributed by atoms with Crippen molar-refractivity contribution in [3.05, 3.63) is 77.1 Å². The van der Waals surface area contributed by atoms with E-state index in [0.29, 0.717) is 24.3 Å². The van der Waals surface area contributed by atoms with Gasteiger partial charge in [-0.15, -0.1) is 6.58 Å². The third-order valence-electron chi connectivity index (χ3n) is 8.89. The van der Waals surface area contributed by atoms with E-state index in [-0.39, 0.29) is 35.7 Å². The lowest BCUT2D eigenvalue weighted by molar-refractivity contribution is 0.0130. The number of rotatable bonds is 13. The van der Waals surface area contributed by atoms with Crippen LogP contribution in [0.1, 0.15) is 112 Å². The van der Waals surface area contributed by atoms with Gasteiger partial charge in [0.2, 0.25) is 0 Å². The van der Waals surface area contributed by atoms with Crippen molar-refractivity contribution in [2.24, 2.45) is 5.92 Å². The smallest absolute Gasteiger partial charge is 0.165 e. The molecule has 0 spiro atoms. The molecule has 0 heterocycles. The summed E-state index contributed by atoms with van der Waals surface area (Å²) in [5.74, 6) is -1.29. The summed E-state index contributed by atoms with van der Waals surface area (Å²) in [4.78, 5) is 0. The SMILES string of the molecule is C=CCCCOc1ccc(COC2CCC(c3ccc(C4CCC(C(O)CCC)CC4)c(F)c3F)CC2)cc1F. The average Bonchev–Trinajstić information content (AvgIpc) is 2.97. The number of unbranched alkanes of at least 4 members (excludes halogenated alkanes) is 1. The van der Waals surface area contributed by atoms with Crippen LogP contribution in [-0.2, 0) is 11.3 Å². The predicted molar refractivity (Wildman–Crippen MR) is 153 cm³/mol. The third-order valence-corrected chi connectivity index (χ3v) is 8.89. The second kappa shape index (κ2) is 15.1. The van der Waals surface area contributed by atoms with E-state index in [1.54, 1.807) is 18.2 Å². The Bertz CT molecular complexity index is 1090. The van der Waals surface area contributed by atoms with E-state index >= 15 is 8.78 Å². The molecule has 6 heteroatoms. The minimum atomic E-state index is -0.697. The van der Waals surface area contributed by atoms with Crippen LogP contribution in [0, 0.1) is 23.4 Å². The van der Waals surface area contributed by atoms with Crippen molar-refractivity contribution in [1.82, 2.24) is 0 Å². The molecule has 0 amide bonds. The fraction of sp³-hybridized carbons (Fsp3) is 0.588. The molecule has 3 nitrogen and oxygen atoms in total. The fourth-order valence-corrected chi connectivity index (χ4v) is 6.47. The molecule has 2 aromatic carbocycles. The Kier molecular flexibility index (Phi) is 11.5. The second-order valence-corrected chi connectivity index (χ2v) is 11.7. The summed E-state index contributed by atoms with van der Waals surface area (Å²) in [7, 11) is 0. The van der Waals surface area contributed by atoms with E-state index in [1.807, 2.05) is 12.1 Å². The summed E-state index contributed by atoms with van der Waals surface area (Å²) in [6, 6.07) is 8.50. The van der Waals surface area contributed by atoms with Crippen molar-refractivity contribution in [1.29, 1.82) is 0 Å². The van der Waals surface area contributed by atoms with Gasteiger partial charge in [0.25, 0.3) is 0 Å². The lowest BCUT2D eigenvalue weighted by atomic mass is 9.75. The number of hydrogen-bond donors (Lipinski definition) is 1. The maximum Gasteiger partial charge on any atom is 0.165 e. The molecule has 0 saturated heterocycles. The number of allylic oxidation sites excluding steroid dienone is 1. The normalized spacial score (nSPS) is 24.0. The minimum Gasteiger partial charge on any atom is -0.491 e. The molecule has 0 aliphatic heterocycles. The number of halogens is 3. The van der Waals surface area contributed by atoms with Crippen molar-refractivity contribution >= 4 is 0 Å². The largest absolute Gasteiger partial charge is 0.491 e. The molecule has 1 atom stereocenters. The average molecular weight is 559 g/mol.